The van der Waals surface area contributed by atoms with E-state index in [1.165, 1.54) is 25.9 Å². The molecule has 0 radical (unpaired) electrons. The van der Waals surface area contributed by atoms with Crippen molar-refractivity contribution in [3.8, 4) is 0 Å². The molecule has 0 bridgehead atoms. The zero-order chi connectivity index (χ0) is 14.5. The molecule has 112 valence electrons. The molecule has 1 aliphatic rings. The Morgan fingerprint density at radius 3 is 2.65 bits per heavy atom. The van der Waals surface area contributed by atoms with Gasteiger partial charge in [-0.25, -0.2) is 9.97 Å². The second kappa shape index (κ2) is 7.23. The van der Waals surface area contributed by atoms with E-state index in [9.17, 15) is 0 Å². The summed E-state index contributed by atoms with van der Waals surface area (Å²) in [6, 6.07) is 0. The Morgan fingerprint density at radius 2 is 2.00 bits per heavy atom. The molecule has 2 rings (SSSR count). The van der Waals surface area contributed by atoms with Crippen LogP contribution in [0.15, 0.2) is 0 Å². The fourth-order valence-electron chi connectivity index (χ4n) is 2.55. The lowest BCUT2D eigenvalue weighted by molar-refractivity contribution is 0.226. The van der Waals surface area contributed by atoms with Gasteiger partial charge in [0.1, 0.15) is 16.8 Å². The molecule has 0 spiro atoms. The van der Waals surface area contributed by atoms with Crippen LogP contribution in [0.1, 0.15) is 37.6 Å². The summed E-state index contributed by atoms with van der Waals surface area (Å²) in [5.74, 6) is 2.48. The Hall–Kier alpha value is -0.870. The zero-order valence-corrected chi connectivity index (χ0v) is 13.5. The summed E-state index contributed by atoms with van der Waals surface area (Å²) < 4.78 is 0. The Morgan fingerprint density at radius 1 is 1.30 bits per heavy atom. The van der Waals surface area contributed by atoms with Gasteiger partial charge in [-0.2, -0.15) is 0 Å². The number of anilines is 1. The highest BCUT2D eigenvalue weighted by atomic mass is 35.5. The Balaban J connectivity index is 1.97. The van der Waals surface area contributed by atoms with Gasteiger partial charge in [-0.3, -0.25) is 0 Å². The zero-order valence-electron chi connectivity index (χ0n) is 12.7. The fourth-order valence-corrected chi connectivity index (χ4v) is 2.73. The van der Waals surface area contributed by atoms with Gasteiger partial charge in [-0.1, -0.05) is 18.5 Å². The van der Waals surface area contributed by atoms with E-state index in [1.54, 1.807) is 0 Å². The molecule has 20 heavy (non-hydrogen) atoms. The molecule has 1 aliphatic heterocycles. The van der Waals surface area contributed by atoms with Crippen molar-refractivity contribution in [1.29, 1.82) is 0 Å². The summed E-state index contributed by atoms with van der Waals surface area (Å²) in [5.41, 5.74) is 0.958. The maximum Gasteiger partial charge on any atom is 0.137 e. The maximum atomic E-state index is 6.20. The molecule has 1 aromatic rings. The van der Waals surface area contributed by atoms with E-state index >= 15 is 0 Å². The van der Waals surface area contributed by atoms with Crippen LogP contribution < -0.4 is 5.32 Å². The van der Waals surface area contributed by atoms with E-state index < -0.39 is 0 Å². The van der Waals surface area contributed by atoms with Crippen LogP contribution in [0, 0.1) is 12.8 Å². The highest BCUT2D eigenvalue weighted by Gasteiger charge is 2.17. The van der Waals surface area contributed by atoms with Crippen LogP contribution in [-0.2, 0) is 6.42 Å². The molecule has 1 aromatic heterocycles. The molecular formula is C15H25ClN4. The first kappa shape index (κ1) is 15.5. The SMILES string of the molecule is CCCc1nc(Cl)c(C)c(NCC2CCN(C)CC2)n1. The maximum absolute atomic E-state index is 6.20. The number of nitrogens with one attached hydrogen (secondary N) is 1. The summed E-state index contributed by atoms with van der Waals surface area (Å²) >= 11 is 6.20. The molecule has 0 saturated carbocycles. The van der Waals surface area contributed by atoms with E-state index in [4.69, 9.17) is 11.6 Å². The summed E-state index contributed by atoms with van der Waals surface area (Å²) in [6.45, 7) is 7.47. The molecule has 1 fully saturated rings. The minimum Gasteiger partial charge on any atom is -0.369 e. The second-order valence-corrected chi connectivity index (χ2v) is 6.14. The first-order valence-corrected chi connectivity index (χ1v) is 7.93. The number of halogens is 1. The Bertz CT molecular complexity index is 442. The number of likely N-dealkylation sites (tertiary alicyclic amines) is 1. The molecular weight excluding hydrogens is 272 g/mol. The number of piperidine rings is 1. The number of hydrogen-bond donors (Lipinski definition) is 1. The van der Waals surface area contributed by atoms with E-state index in [0.29, 0.717) is 5.15 Å². The molecule has 0 aliphatic carbocycles. The van der Waals surface area contributed by atoms with E-state index in [-0.39, 0.29) is 0 Å². The summed E-state index contributed by atoms with van der Waals surface area (Å²) in [5, 5.41) is 4.06. The summed E-state index contributed by atoms with van der Waals surface area (Å²) in [7, 11) is 2.19. The van der Waals surface area contributed by atoms with Crippen molar-refractivity contribution in [2.45, 2.75) is 39.5 Å². The van der Waals surface area contributed by atoms with Crippen molar-refractivity contribution in [3.63, 3.8) is 0 Å². The van der Waals surface area contributed by atoms with Gasteiger partial charge in [0.05, 0.1) is 0 Å². The van der Waals surface area contributed by atoms with Crippen molar-refractivity contribution in [3.05, 3.63) is 16.5 Å². The minimum absolute atomic E-state index is 0.578. The molecule has 5 heteroatoms. The first-order chi connectivity index (χ1) is 9.60. The van der Waals surface area contributed by atoms with Gasteiger partial charge < -0.3 is 10.2 Å². The van der Waals surface area contributed by atoms with E-state index in [2.05, 4.69) is 34.2 Å². The minimum atomic E-state index is 0.578. The third kappa shape index (κ3) is 4.06. The predicted molar refractivity (Wildman–Crippen MR) is 84.5 cm³/mol. The number of rotatable bonds is 5. The van der Waals surface area contributed by atoms with Crippen LogP contribution in [0.25, 0.3) is 0 Å². The predicted octanol–water partition coefficient (Wildman–Crippen LogP) is 3.14. The van der Waals surface area contributed by atoms with Crippen LogP contribution in [0.5, 0.6) is 0 Å². The average molecular weight is 297 g/mol. The molecule has 0 amide bonds. The number of hydrogen-bond acceptors (Lipinski definition) is 4. The van der Waals surface area contributed by atoms with Crippen molar-refractivity contribution in [2.24, 2.45) is 5.92 Å². The number of aromatic nitrogens is 2. The lowest BCUT2D eigenvalue weighted by atomic mass is 9.97. The first-order valence-electron chi connectivity index (χ1n) is 7.55. The standard InChI is InChI=1S/C15H25ClN4/c1-4-5-13-18-14(16)11(2)15(19-13)17-10-12-6-8-20(3)9-7-12/h12H,4-10H2,1-3H3,(H,17,18,19). The molecule has 2 heterocycles. The summed E-state index contributed by atoms with van der Waals surface area (Å²) in [4.78, 5) is 11.3. The van der Waals surface area contributed by atoms with Gasteiger partial charge in [0.2, 0.25) is 0 Å². The van der Waals surface area contributed by atoms with Gasteiger partial charge in [0.25, 0.3) is 0 Å². The van der Waals surface area contributed by atoms with Crippen molar-refractivity contribution in [1.82, 2.24) is 14.9 Å². The summed E-state index contributed by atoms with van der Waals surface area (Å²) in [6.07, 6.45) is 4.42. The number of nitrogens with zero attached hydrogens (tertiary/aromatic N) is 3. The lowest BCUT2D eigenvalue weighted by Crippen LogP contribution is -2.33. The van der Waals surface area contributed by atoms with Crippen molar-refractivity contribution >= 4 is 17.4 Å². The van der Waals surface area contributed by atoms with E-state index in [0.717, 1.165) is 42.5 Å². The highest BCUT2D eigenvalue weighted by molar-refractivity contribution is 6.30. The average Bonchev–Trinajstić information content (AvgIpc) is 2.43. The normalized spacial score (nSPS) is 17.4. The van der Waals surface area contributed by atoms with Gasteiger partial charge >= 0.3 is 0 Å². The Labute approximate surface area is 126 Å². The number of aryl methyl sites for hydroxylation is 1. The quantitative estimate of drug-likeness (QED) is 0.848. The van der Waals surface area contributed by atoms with Crippen LogP contribution in [0.3, 0.4) is 0 Å². The van der Waals surface area contributed by atoms with E-state index in [1.807, 2.05) is 6.92 Å². The lowest BCUT2D eigenvalue weighted by Gasteiger charge is -2.29. The van der Waals surface area contributed by atoms with Gasteiger partial charge in [-0.15, -0.1) is 0 Å². The molecule has 0 atom stereocenters. The van der Waals surface area contributed by atoms with Gasteiger partial charge in [-0.05, 0) is 52.2 Å². The highest BCUT2D eigenvalue weighted by Crippen LogP contribution is 2.22. The van der Waals surface area contributed by atoms with Crippen molar-refractivity contribution < 1.29 is 0 Å². The van der Waals surface area contributed by atoms with Gasteiger partial charge in [0, 0.05) is 18.5 Å². The Kier molecular flexibility index (Phi) is 5.61. The topological polar surface area (TPSA) is 41.1 Å². The van der Waals surface area contributed by atoms with Crippen LogP contribution >= 0.6 is 11.6 Å². The van der Waals surface area contributed by atoms with Crippen LogP contribution in [-0.4, -0.2) is 41.5 Å². The fraction of sp³-hybridized carbons (Fsp3) is 0.733. The van der Waals surface area contributed by atoms with Gasteiger partial charge in [0.15, 0.2) is 0 Å². The third-order valence-corrected chi connectivity index (χ3v) is 4.37. The molecule has 0 aromatic carbocycles. The molecule has 1 saturated heterocycles. The molecule has 4 nitrogen and oxygen atoms in total. The van der Waals surface area contributed by atoms with Crippen molar-refractivity contribution in [2.75, 3.05) is 32.0 Å². The monoisotopic (exact) mass is 296 g/mol. The smallest absolute Gasteiger partial charge is 0.137 e. The second-order valence-electron chi connectivity index (χ2n) is 5.78. The largest absolute Gasteiger partial charge is 0.369 e. The molecule has 1 N–H and O–H groups in total. The van der Waals surface area contributed by atoms with Crippen LogP contribution in [0.4, 0.5) is 5.82 Å². The molecule has 0 unspecified atom stereocenters. The van der Waals surface area contributed by atoms with Crippen LogP contribution in [0.2, 0.25) is 5.15 Å². The third-order valence-electron chi connectivity index (χ3n) is 4.00.